The van der Waals surface area contributed by atoms with E-state index in [9.17, 15) is 4.79 Å². The van der Waals surface area contributed by atoms with Gasteiger partial charge < -0.3 is 10.4 Å². The first-order chi connectivity index (χ1) is 9.56. The Morgan fingerprint density at radius 1 is 1.20 bits per heavy atom. The van der Waals surface area contributed by atoms with Gasteiger partial charge in [0, 0.05) is 22.6 Å². The van der Waals surface area contributed by atoms with E-state index in [4.69, 9.17) is 16.7 Å². The van der Waals surface area contributed by atoms with Crippen molar-refractivity contribution in [3.8, 4) is 0 Å². The largest absolute Gasteiger partial charge is 0.478 e. The van der Waals surface area contributed by atoms with E-state index in [0.717, 1.165) is 20.6 Å². The fourth-order valence-electron chi connectivity index (χ4n) is 1.81. The molecule has 2 aromatic carbocycles. The molecule has 0 aromatic heterocycles. The van der Waals surface area contributed by atoms with E-state index in [1.54, 1.807) is 18.2 Å². The lowest BCUT2D eigenvalue weighted by atomic mass is 10.1. The minimum absolute atomic E-state index is 0.274. The molecule has 0 fully saturated rings. The number of hydrogen-bond acceptors (Lipinski definition) is 2. The quantitative estimate of drug-likeness (QED) is 0.850. The number of benzene rings is 2. The zero-order valence-corrected chi connectivity index (χ0v) is 12.9. The summed E-state index contributed by atoms with van der Waals surface area (Å²) < 4.78 is 0.788. The van der Waals surface area contributed by atoms with Crippen molar-refractivity contribution in [1.29, 1.82) is 0 Å². The Morgan fingerprint density at radius 3 is 2.65 bits per heavy atom. The average Bonchev–Trinajstić information content (AvgIpc) is 2.40. The summed E-state index contributed by atoms with van der Waals surface area (Å²) in [6.07, 6.45) is 0. The highest BCUT2D eigenvalue weighted by atomic mass is 79.9. The van der Waals surface area contributed by atoms with Gasteiger partial charge in [0.15, 0.2) is 0 Å². The van der Waals surface area contributed by atoms with E-state index in [2.05, 4.69) is 21.2 Å². The molecule has 0 atom stereocenters. The zero-order valence-electron chi connectivity index (χ0n) is 10.6. The molecule has 0 aliphatic heterocycles. The van der Waals surface area contributed by atoms with Gasteiger partial charge in [-0.1, -0.05) is 45.7 Å². The number of carboxylic acid groups (broad SMARTS) is 1. The van der Waals surface area contributed by atoms with Gasteiger partial charge in [0.25, 0.3) is 0 Å². The van der Waals surface area contributed by atoms with E-state index >= 15 is 0 Å². The summed E-state index contributed by atoms with van der Waals surface area (Å²) in [4.78, 5) is 10.8. The second-order valence-corrected chi connectivity index (χ2v) is 5.64. The first kappa shape index (κ1) is 15.0. The molecule has 0 unspecified atom stereocenters. The number of nitrogens with one attached hydrogen (secondary N) is 1. The Bertz CT molecular complexity index is 631. The molecule has 0 saturated heterocycles. The van der Waals surface area contributed by atoms with Crippen LogP contribution in [0.3, 0.4) is 0 Å². The average molecular weight is 355 g/mol. The van der Waals surface area contributed by atoms with Crippen LogP contribution in [-0.2, 0) is 13.1 Å². The molecule has 0 radical (unpaired) electrons. The lowest BCUT2D eigenvalue weighted by Gasteiger charge is -2.08. The SMILES string of the molecule is O=C(O)c1ccc(CNCc2cccc(Cl)c2)c(Br)c1. The minimum Gasteiger partial charge on any atom is -0.478 e. The van der Waals surface area contributed by atoms with Gasteiger partial charge >= 0.3 is 5.97 Å². The summed E-state index contributed by atoms with van der Waals surface area (Å²) in [5.41, 5.74) is 2.39. The van der Waals surface area contributed by atoms with Gasteiger partial charge in [0.05, 0.1) is 5.56 Å². The van der Waals surface area contributed by atoms with Crippen molar-refractivity contribution in [2.45, 2.75) is 13.1 Å². The molecular weight excluding hydrogens is 342 g/mol. The molecule has 2 rings (SSSR count). The van der Waals surface area contributed by atoms with Crippen LogP contribution in [0.2, 0.25) is 5.02 Å². The predicted molar refractivity (Wildman–Crippen MR) is 83.1 cm³/mol. The molecule has 20 heavy (non-hydrogen) atoms. The maximum Gasteiger partial charge on any atom is 0.335 e. The van der Waals surface area contributed by atoms with Gasteiger partial charge in [0.1, 0.15) is 0 Å². The van der Waals surface area contributed by atoms with Crippen LogP contribution in [0.15, 0.2) is 46.9 Å². The highest BCUT2D eigenvalue weighted by Crippen LogP contribution is 2.19. The Morgan fingerprint density at radius 2 is 2.00 bits per heavy atom. The monoisotopic (exact) mass is 353 g/mol. The third-order valence-electron chi connectivity index (χ3n) is 2.83. The Kier molecular flexibility index (Phi) is 5.17. The Labute approximate surface area is 130 Å². The van der Waals surface area contributed by atoms with Crippen molar-refractivity contribution in [2.75, 3.05) is 0 Å². The van der Waals surface area contributed by atoms with Crippen LogP contribution in [-0.4, -0.2) is 11.1 Å². The van der Waals surface area contributed by atoms with Crippen LogP contribution in [0.25, 0.3) is 0 Å². The topological polar surface area (TPSA) is 49.3 Å². The predicted octanol–water partition coefficient (Wildman–Crippen LogP) is 4.09. The highest BCUT2D eigenvalue weighted by Gasteiger charge is 2.06. The lowest BCUT2D eigenvalue weighted by Crippen LogP contribution is -2.13. The Hall–Kier alpha value is -1.36. The van der Waals surface area contributed by atoms with Crippen molar-refractivity contribution in [3.63, 3.8) is 0 Å². The molecule has 0 aliphatic carbocycles. The summed E-state index contributed by atoms with van der Waals surface area (Å²) in [6.45, 7) is 1.35. The molecule has 0 heterocycles. The van der Waals surface area contributed by atoms with Crippen molar-refractivity contribution in [3.05, 3.63) is 68.7 Å². The van der Waals surface area contributed by atoms with E-state index < -0.39 is 5.97 Å². The van der Waals surface area contributed by atoms with Crippen LogP contribution < -0.4 is 5.32 Å². The number of rotatable bonds is 5. The number of hydrogen-bond donors (Lipinski definition) is 2. The van der Waals surface area contributed by atoms with Gasteiger partial charge in [-0.05, 0) is 35.4 Å². The van der Waals surface area contributed by atoms with E-state index in [0.29, 0.717) is 13.1 Å². The normalized spacial score (nSPS) is 10.5. The first-order valence-electron chi connectivity index (χ1n) is 6.03. The zero-order chi connectivity index (χ0) is 14.5. The second-order valence-electron chi connectivity index (χ2n) is 4.34. The molecular formula is C15H13BrClNO2. The smallest absolute Gasteiger partial charge is 0.335 e. The molecule has 0 amide bonds. The van der Waals surface area contributed by atoms with Crippen molar-refractivity contribution in [2.24, 2.45) is 0 Å². The van der Waals surface area contributed by atoms with Crippen LogP contribution in [0.5, 0.6) is 0 Å². The van der Waals surface area contributed by atoms with Crippen LogP contribution in [0.1, 0.15) is 21.5 Å². The van der Waals surface area contributed by atoms with Crippen LogP contribution >= 0.6 is 27.5 Å². The van der Waals surface area contributed by atoms with Crippen LogP contribution in [0.4, 0.5) is 0 Å². The molecule has 2 aromatic rings. The van der Waals surface area contributed by atoms with Gasteiger partial charge in [-0.15, -0.1) is 0 Å². The van der Waals surface area contributed by atoms with Gasteiger partial charge in [0.2, 0.25) is 0 Å². The number of carbonyl (C=O) groups is 1. The fourth-order valence-corrected chi connectivity index (χ4v) is 2.54. The van der Waals surface area contributed by atoms with Crippen molar-refractivity contribution < 1.29 is 9.90 Å². The number of halogens is 2. The summed E-state index contributed by atoms with van der Waals surface area (Å²) in [5.74, 6) is -0.927. The summed E-state index contributed by atoms with van der Waals surface area (Å²) in [7, 11) is 0. The molecule has 5 heteroatoms. The molecule has 104 valence electrons. The van der Waals surface area contributed by atoms with Gasteiger partial charge in [-0.3, -0.25) is 0 Å². The maximum absolute atomic E-state index is 10.8. The fraction of sp³-hybridized carbons (Fsp3) is 0.133. The van der Waals surface area contributed by atoms with E-state index in [1.807, 2.05) is 24.3 Å². The number of carboxylic acids is 1. The standard InChI is InChI=1S/C15H13BrClNO2/c16-14-7-11(15(19)20)4-5-12(14)9-18-8-10-2-1-3-13(17)6-10/h1-7,18H,8-9H2,(H,19,20). The van der Waals surface area contributed by atoms with Crippen molar-refractivity contribution >= 4 is 33.5 Å². The molecule has 0 spiro atoms. The van der Waals surface area contributed by atoms with E-state index in [1.165, 1.54) is 0 Å². The summed E-state index contributed by atoms with van der Waals surface area (Å²) in [5, 5.41) is 12.9. The molecule has 3 nitrogen and oxygen atoms in total. The highest BCUT2D eigenvalue weighted by molar-refractivity contribution is 9.10. The van der Waals surface area contributed by atoms with E-state index in [-0.39, 0.29) is 5.56 Å². The lowest BCUT2D eigenvalue weighted by molar-refractivity contribution is 0.0697. The van der Waals surface area contributed by atoms with Crippen molar-refractivity contribution in [1.82, 2.24) is 5.32 Å². The summed E-state index contributed by atoms with van der Waals surface area (Å²) >= 11 is 9.31. The maximum atomic E-state index is 10.8. The third-order valence-corrected chi connectivity index (χ3v) is 3.81. The number of aromatic carboxylic acids is 1. The van der Waals surface area contributed by atoms with Gasteiger partial charge in [-0.2, -0.15) is 0 Å². The molecule has 0 bridgehead atoms. The van der Waals surface area contributed by atoms with Gasteiger partial charge in [-0.25, -0.2) is 4.79 Å². The molecule has 0 saturated carbocycles. The molecule has 0 aliphatic rings. The Balaban J connectivity index is 1.96. The summed E-state index contributed by atoms with van der Waals surface area (Å²) in [6, 6.07) is 12.7. The molecule has 2 N–H and O–H groups in total. The third kappa shape index (κ3) is 4.07. The minimum atomic E-state index is -0.927. The van der Waals surface area contributed by atoms with Crippen LogP contribution in [0, 0.1) is 0 Å². The first-order valence-corrected chi connectivity index (χ1v) is 7.20. The second kappa shape index (κ2) is 6.88.